The first-order chi connectivity index (χ1) is 9.86. The number of hydrogen-bond acceptors (Lipinski definition) is 0. The first-order valence-electron chi connectivity index (χ1n) is 8.45. The number of unbranched alkanes of at least 4 members (excludes halogenated alkanes) is 7. The Labute approximate surface area is 125 Å². The first kappa shape index (κ1) is 16.9. The highest BCUT2D eigenvalue weighted by atomic mass is 14.9. The van der Waals surface area contributed by atoms with E-state index in [0.717, 1.165) is 19.4 Å². The maximum atomic E-state index is 3.77. The van der Waals surface area contributed by atoms with E-state index in [0.29, 0.717) is 0 Å². The molecule has 1 aromatic rings. The normalized spacial score (nSPS) is 10.7. The fourth-order valence-electron chi connectivity index (χ4n) is 2.50. The molecule has 0 bridgehead atoms. The lowest BCUT2D eigenvalue weighted by molar-refractivity contribution is -0.697. The van der Waals surface area contributed by atoms with Crippen LogP contribution in [-0.2, 0) is 13.0 Å². The van der Waals surface area contributed by atoms with Crippen LogP contribution in [0.4, 0.5) is 0 Å². The van der Waals surface area contributed by atoms with Crippen LogP contribution in [0.3, 0.4) is 0 Å². The van der Waals surface area contributed by atoms with Crippen molar-refractivity contribution in [3.05, 3.63) is 42.7 Å². The Morgan fingerprint density at radius 1 is 0.950 bits per heavy atom. The summed E-state index contributed by atoms with van der Waals surface area (Å²) >= 11 is 0. The Morgan fingerprint density at radius 3 is 2.15 bits per heavy atom. The zero-order chi connectivity index (χ0) is 14.5. The first-order valence-corrected chi connectivity index (χ1v) is 8.45. The lowest BCUT2D eigenvalue weighted by Crippen LogP contribution is -2.32. The largest absolute Gasteiger partial charge is 0.205 e. The van der Waals surface area contributed by atoms with Crippen LogP contribution in [0.2, 0.25) is 0 Å². The van der Waals surface area contributed by atoms with Crippen LogP contribution in [0.5, 0.6) is 0 Å². The van der Waals surface area contributed by atoms with Gasteiger partial charge in [0.15, 0.2) is 12.4 Å². The number of pyridine rings is 1. The van der Waals surface area contributed by atoms with E-state index in [2.05, 4.69) is 42.6 Å². The molecule has 112 valence electrons. The molecule has 0 saturated heterocycles. The molecule has 0 spiro atoms. The van der Waals surface area contributed by atoms with Gasteiger partial charge in [-0.3, -0.25) is 0 Å². The van der Waals surface area contributed by atoms with Gasteiger partial charge in [0.25, 0.3) is 0 Å². The van der Waals surface area contributed by atoms with Crippen molar-refractivity contribution < 1.29 is 4.57 Å². The molecule has 0 saturated carbocycles. The van der Waals surface area contributed by atoms with Crippen molar-refractivity contribution in [3.63, 3.8) is 0 Å². The van der Waals surface area contributed by atoms with E-state index in [9.17, 15) is 0 Å². The fraction of sp³-hybridized carbons (Fsp3) is 0.632. The van der Waals surface area contributed by atoms with Crippen molar-refractivity contribution in [2.75, 3.05) is 0 Å². The van der Waals surface area contributed by atoms with Gasteiger partial charge < -0.3 is 0 Å². The summed E-state index contributed by atoms with van der Waals surface area (Å²) in [7, 11) is 0. The topological polar surface area (TPSA) is 3.88 Å². The number of rotatable bonds is 12. The third-order valence-electron chi connectivity index (χ3n) is 3.87. The van der Waals surface area contributed by atoms with Gasteiger partial charge in [-0.15, -0.1) is 6.58 Å². The van der Waals surface area contributed by atoms with Gasteiger partial charge in [0, 0.05) is 18.6 Å². The molecule has 20 heavy (non-hydrogen) atoms. The molecule has 1 aromatic heterocycles. The third kappa shape index (κ3) is 8.14. The van der Waals surface area contributed by atoms with Crippen molar-refractivity contribution in [1.82, 2.24) is 0 Å². The molecule has 1 rings (SSSR count). The highest BCUT2D eigenvalue weighted by Gasteiger charge is 2.00. The molecule has 0 aliphatic heterocycles. The van der Waals surface area contributed by atoms with Gasteiger partial charge in [-0.25, -0.2) is 4.57 Å². The average Bonchev–Trinajstić information content (AvgIpc) is 2.49. The molecule has 1 nitrogen and oxygen atoms in total. The molecule has 0 unspecified atom stereocenters. The van der Waals surface area contributed by atoms with Crippen molar-refractivity contribution in [2.24, 2.45) is 0 Å². The molecule has 0 radical (unpaired) electrons. The minimum absolute atomic E-state index is 1.07. The number of nitrogens with zero attached hydrogens (tertiary/aromatic N) is 1. The predicted molar refractivity (Wildman–Crippen MR) is 87.8 cm³/mol. The predicted octanol–water partition coefficient (Wildman–Crippen LogP) is 5.23. The summed E-state index contributed by atoms with van der Waals surface area (Å²) < 4.78 is 2.31. The van der Waals surface area contributed by atoms with Gasteiger partial charge in [-0.1, -0.05) is 51.5 Å². The zero-order valence-corrected chi connectivity index (χ0v) is 13.3. The van der Waals surface area contributed by atoms with Crippen LogP contribution in [0, 0.1) is 0 Å². The molecule has 0 amide bonds. The molecule has 0 fully saturated rings. The van der Waals surface area contributed by atoms with E-state index in [1.807, 2.05) is 6.08 Å². The lowest BCUT2D eigenvalue weighted by atomic mass is 10.1. The van der Waals surface area contributed by atoms with E-state index in [1.54, 1.807) is 0 Å². The SMILES string of the molecule is C=CCCc1cc[n+](CCCCCCCCCC)cc1. The number of aromatic nitrogens is 1. The molecule has 0 aliphatic carbocycles. The Morgan fingerprint density at radius 2 is 1.55 bits per heavy atom. The average molecular weight is 274 g/mol. The van der Waals surface area contributed by atoms with E-state index in [4.69, 9.17) is 0 Å². The second-order valence-corrected chi connectivity index (χ2v) is 5.75. The monoisotopic (exact) mass is 274 g/mol. The molecule has 0 aromatic carbocycles. The molecular formula is C19H32N+. The summed E-state index contributed by atoms with van der Waals surface area (Å²) in [4.78, 5) is 0. The Bertz CT molecular complexity index is 339. The number of aryl methyl sites for hydroxylation is 2. The second kappa shape index (κ2) is 11.7. The van der Waals surface area contributed by atoms with Crippen LogP contribution >= 0.6 is 0 Å². The minimum atomic E-state index is 1.07. The van der Waals surface area contributed by atoms with Crippen LogP contribution in [-0.4, -0.2) is 0 Å². The van der Waals surface area contributed by atoms with Crippen molar-refractivity contribution in [2.45, 2.75) is 77.7 Å². The lowest BCUT2D eigenvalue weighted by Gasteiger charge is -2.01. The Balaban J connectivity index is 2.05. The van der Waals surface area contributed by atoms with Gasteiger partial charge in [-0.05, 0) is 24.8 Å². The number of allylic oxidation sites excluding steroid dienone is 1. The standard InChI is InChI=1S/C19H32N/c1-3-5-7-8-9-10-11-12-16-20-17-14-19(15-18-20)13-6-4-2/h4,14-15,17-18H,2-3,5-13,16H2,1H3/q+1. The van der Waals surface area contributed by atoms with E-state index >= 15 is 0 Å². The van der Waals surface area contributed by atoms with Crippen molar-refractivity contribution in [3.8, 4) is 0 Å². The van der Waals surface area contributed by atoms with Gasteiger partial charge >= 0.3 is 0 Å². The van der Waals surface area contributed by atoms with E-state index < -0.39 is 0 Å². The molecule has 1 heteroatoms. The molecule has 0 atom stereocenters. The third-order valence-corrected chi connectivity index (χ3v) is 3.87. The van der Waals surface area contributed by atoms with Gasteiger partial charge in [0.1, 0.15) is 6.54 Å². The van der Waals surface area contributed by atoms with Crippen molar-refractivity contribution >= 4 is 0 Å². The highest BCUT2D eigenvalue weighted by Crippen LogP contribution is 2.08. The molecule has 1 heterocycles. The Hall–Kier alpha value is -1.11. The van der Waals surface area contributed by atoms with Crippen LogP contribution in [0.25, 0.3) is 0 Å². The maximum Gasteiger partial charge on any atom is 0.169 e. The van der Waals surface area contributed by atoms with Gasteiger partial charge in [-0.2, -0.15) is 0 Å². The molecule has 0 aliphatic rings. The second-order valence-electron chi connectivity index (χ2n) is 5.75. The maximum absolute atomic E-state index is 3.77. The minimum Gasteiger partial charge on any atom is -0.205 e. The smallest absolute Gasteiger partial charge is 0.169 e. The van der Waals surface area contributed by atoms with Crippen LogP contribution < -0.4 is 4.57 Å². The summed E-state index contributed by atoms with van der Waals surface area (Å²) in [5.41, 5.74) is 1.41. The molecular weight excluding hydrogens is 242 g/mol. The summed E-state index contributed by atoms with van der Waals surface area (Å²) in [5.74, 6) is 0. The summed E-state index contributed by atoms with van der Waals surface area (Å²) in [5, 5.41) is 0. The zero-order valence-electron chi connectivity index (χ0n) is 13.3. The van der Waals surface area contributed by atoms with Crippen LogP contribution in [0.1, 0.15) is 70.3 Å². The Kier molecular flexibility index (Phi) is 9.91. The number of hydrogen-bond donors (Lipinski definition) is 0. The highest BCUT2D eigenvalue weighted by molar-refractivity contribution is 5.07. The summed E-state index contributed by atoms with van der Waals surface area (Å²) in [6.07, 6.45) is 19.7. The summed E-state index contributed by atoms with van der Waals surface area (Å²) in [6, 6.07) is 4.49. The van der Waals surface area contributed by atoms with E-state index in [1.165, 1.54) is 56.9 Å². The quantitative estimate of drug-likeness (QED) is 0.279. The van der Waals surface area contributed by atoms with Gasteiger partial charge in [0.2, 0.25) is 0 Å². The van der Waals surface area contributed by atoms with Crippen molar-refractivity contribution in [1.29, 1.82) is 0 Å². The van der Waals surface area contributed by atoms with Crippen LogP contribution in [0.15, 0.2) is 37.2 Å². The van der Waals surface area contributed by atoms with E-state index in [-0.39, 0.29) is 0 Å². The fourth-order valence-corrected chi connectivity index (χ4v) is 2.50. The van der Waals surface area contributed by atoms with Gasteiger partial charge in [0.05, 0.1) is 0 Å². The molecule has 0 N–H and O–H groups in total. The summed E-state index contributed by atoms with van der Waals surface area (Å²) in [6.45, 7) is 7.21.